The van der Waals surface area contributed by atoms with Gasteiger partial charge in [0.25, 0.3) is 0 Å². The maximum absolute atomic E-state index is 13.9. The molecular weight excluding hydrogens is 329 g/mol. The lowest BCUT2D eigenvalue weighted by molar-refractivity contribution is 0.551. The van der Waals surface area contributed by atoms with Gasteiger partial charge in [-0.15, -0.1) is 0 Å². The van der Waals surface area contributed by atoms with Crippen molar-refractivity contribution >= 4 is 15.9 Å². The molecule has 1 nitrogen and oxygen atoms in total. The van der Waals surface area contributed by atoms with Crippen LogP contribution in [0.5, 0.6) is 0 Å². The second-order valence-corrected chi connectivity index (χ2v) is 6.55. The largest absolute Gasteiger partial charge is 0.313 e. The van der Waals surface area contributed by atoms with Gasteiger partial charge in [0.05, 0.1) is 0 Å². The summed E-state index contributed by atoms with van der Waals surface area (Å²) in [7, 11) is 0. The minimum Gasteiger partial charge on any atom is -0.313 e. The molecule has 2 aromatic rings. The van der Waals surface area contributed by atoms with E-state index in [4.69, 9.17) is 0 Å². The maximum Gasteiger partial charge on any atom is 0.126 e. The van der Waals surface area contributed by atoms with E-state index in [1.807, 2.05) is 24.3 Å². The molecule has 0 radical (unpaired) electrons. The number of rotatable bonds is 6. The first-order valence-corrected chi connectivity index (χ1v) is 8.24. The van der Waals surface area contributed by atoms with Crippen LogP contribution < -0.4 is 5.32 Å². The molecule has 1 unspecified atom stereocenters. The molecule has 3 rings (SSSR count). The topological polar surface area (TPSA) is 12.0 Å². The van der Waals surface area contributed by atoms with Crippen LogP contribution in [0.2, 0.25) is 0 Å². The van der Waals surface area contributed by atoms with E-state index in [9.17, 15) is 4.39 Å². The molecule has 1 aliphatic carbocycles. The van der Waals surface area contributed by atoms with Crippen molar-refractivity contribution in [2.24, 2.45) is 0 Å². The number of hydrogen-bond acceptors (Lipinski definition) is 1. The van der Waals surface area contributed by atoms with Gasteiger partial charge in [0, 0.05) is 23.0 Å². The van der Waals surface area contributed by atoms with Crippen molar-refractivity contribution < 1.29 is 4.39 Å². The van der Waals surface area contributed by atoms with E-state index in [1.165, 1.54) is 18.4 Å². The van der Waals surface area contributed by atoms with E-state index in [2.05, 4.69) is 33.4 Å². The number of halogens is 2. The smallest absolute Gasteiger partial charge is 0.126 e. The van der Waals surface area contributed by atoms with Crippen LogP contribution in [0.4, 0.5) is 4.39 Å². The Morgan fingerprint density at radius 3 is 2.52 bits per heavy atom. The SMILES string of the molecule is Fc1ccccc1CC(CNC1CC1)c1ccccc1Br. The Balaban J connectivity index is 1.81. The highest BCUT2D eigenvalue weighted by molar-refractivity contribution is 9.10. The van der Waals surface area contributed by atoms with Crippen molar-refractivity contribution in [3.63, 3.8) is 0 Å². The number of nitrogens with one attached hydrogen (secondary N) is 1. The molecule has 0 saturated heterocycles. The van der Waals surface area contributed by atoms with Gasteiger partial charge in [-0.05, 0) is 42.5 Å². The molecular formula is C18H19BrFN. The fraction of sp³-hybridized carbons (Fsp3) is 0.333. The van der Waals surface area contributed by atoms with Crippen LogP contribution in [0.25, 0.3) is 0 Å². The summed E-state index contributed by atoms with van der Waals surface area (Å²) >= 11 is 3.63. The first-order chi connectivity index (χ1) is 10.2. The normalized spacial score (nSPS) is 15.9. The van der Waals surface area contributed by atoms with Crippen molar-refractivity contribution in [1.29, 1.82) is 0 Å². The molecule has 0 amide bonds. The van der Waals surface area contributed by atoms with E-state index in [1.54, 1.807) is 12.1 Å². The Hall–Kier alpha value is -1.19. The Morgan fingerprint density at radius 1 is 1.10 bits per heavy atom. The van der Waals surface area contributed by atoms with Gasteiger partial charge in [-0.25, -0.2) is 4.39 Å². The van der Waals surface area contributed by atoms with E-state index >= 15 is 0 Å². The zero-order chi connectivity index (χ0) is 14.7. The summed E-state index contributed by atoms with van der Waals surface area (Å²) in [6.45, 7) is 0.890. The average Bonchev–Trinajstić information content (AvgIpc) is 3.30. The Bertz CT molecular complexity index is 610. The monoisotopic (exact) mass is 347 g/mol. The molecule has 3 heteroatoms. The van der Waals surface area contributed by atoms with Crippen molar-refractivity contribution in [2.45, 2.75) is 31.2 Å². The predicted molar refractivity (Wildman–Crippen MR) is 88.0 cm³/mol. The van der Waals surface area contributed by atoms with Gasteiger partial charge in [0.1, 0.15) is 5.82 Å². The van der Waals surface area contributed by atoms with Gasteiger partial charge in [-0.2, -0.15) is 0 Å². The van der Waals surface area contributed by atoms with Gasteiger partial charge in [0.15, 0.2) is 0 Å². The summed E-state index contributed by atoms with van der Waals surface area (Å²) in [5.74, 6) is 0.166. The van der Waals surface area contributed by atoms with E-state index in [0.717, 1.165) is 23.0 Å². The van der Waals surface area contributed by atoms with Crippen molar-refractivity contribution in [3.05, 3.63) is 69.9 Å². The molecule has 0 spiro atoms. The van der Waals surface area contributed by atoms with Crippen molar-refractivity contribution in [1.82, 2.24) is 5.32 Å². The summed E-state index contributed by atoms with van der Waals surface area (Å²) in [6, 6.07) is 16.0. The zero-order valence-corrected chi connectivity index (χ0v) is 13.4. The lowest BCUT2D eigenvalue weighted by atomic mass is 9.91. The minimum atomic E-state index is -0.110. The average molecular weight is 348 g/mol. The molecule has 21 heavy (non-hydrogen) atoms. The first kappa shape index (κ1) is 14.7. The Labute approximate surface area is 133 Å². The lowest BCUT2D eigenvalue weighted by Crippen LogP contribution is -2.25. The summed E-state index contributed by atoms with van der Waals surface area (Å²) in [4.78, 5) is 0. The van der Waals surface area contributed by atoms with E-state index in [0.29, 0.717) is 6.04 Å². The van der Waals surface area contributed by atoms with Gasteiger partial charge in [0.2, 0.25) is 0 Å². The third kappa shape index (κ3) is 3.92. The first-order valence-electron chi connectivity index (χ1n) is 7.45. The molecule has 1 saturated carbocycles. The Morgan fingerprint density at radius 2 is 1.81 bits per heavy atom. The third-order valence-electron chi connectivity index (χ3n) is 4.00. The summed E-state index contributed by atoms with van der Waals surface area (Å²) < 4.78 is 15.0. The fourth-order valence-electron chi connectivity index (χ4n) is 2.62. The van der Waals surface area contributed by atoms with Crippen LogP contribution in [0, 0.1) is 5.82 Å². The summed E-state index contributed by atoms with van der Waals surface area (Å²) in [5.41, 5.74) is 2.03. The molecule has 0 aromatic heterocycles. The second kappa shape index (κ2) is 6.71. The van der Waals surface area contributed by atoms with Crippen molar-refractivity contribution in [2.75, 3.05) is 6.54 Å². The summed E-state index contributed by atoms with van der Waals surface area (Å²) in [6.07, 6.45) is 3.25. The highest BCUT2D eigenvalue weighted by atomic mass is 79.9. The standard InChI is InChI=1S/C18H19BrFN/c19-17-7-3-2-6-16(17)14(12-21-15-9-10-15)11-13-5-1-4-8-18(13)20/h1-8,14-15,21H,9-12H2. The van der Waals surface area contributed by atoms with Crippen LogP contribution in [0.15, 0.2) is 53.0 Å². The quantitative estimate of drug-likeness (QED) is 0.800. The van der Waals surface area contributed by atoms with Gasteiger partial charge in [-0.1, -0.05) is 52.3 Å². The zero-order valence-electron chi connectivity index (χ0n) is 11.9. The van der Waals surface area contributed by atoms with Crippen LogP contribution in [0.3, 0.4) is 0 Å². The van der Waals surface area contributed by atoms with Crippen molar-refractivity contribution in [3.8, 4) is 0 Å². The van der Waals surface area contributed by atoms with Crippen LogP contribution in [-0.2, 0) is 6.42 Å². The fourth-order valence-corrected chi connectivity index (χ4v) is 3.23. The van der Waals surface area contributed by atoms with Crippen LogP contribution in [0.1, 0.15) is 29.9 Å². The van der Waals surface area contributed by atoms with E-state index in [-0.39, 0.29) is 11.7 Å². The second-order valence-electron chi connectivity index (χ2n) is 5.70. The number of hydrogen-bond donors (Lipinski definition) is 1. The molecule has 0 aliphatic heterocycles. The third-order valence-corrected chi connectivity index (χ3v) is 4.72. The highest BCUT2D eigenvalue weighted by Gasteiger charge is 2.23. The highest BCUT2D eigenvalue weighted by Crippen LogP contribution is 2.29. The van der Waals surface area contributed by atoms with E-state index < -0.39 is 0 Å². The van der Waals surface area contributed by atoms with Gasteiger partial charge >= 0.3 is 0 Å². The minimum absolute atomic E-state index is 0.110. The molecule has 0 bridgehead atoms. The predicted octanol–water partition coefficient (Wildman–Crippen LogP) is 4.67. The molecule has 1 atom stereocenters. The van der Waals surface area contributed by atoms with Crippen LogP contribution in [-0.4, -0.2) is 12.6 Å². The molecule has 1 fully saturated rings. The summed E-state index contributed by atoms with van der Waals surface area (Å²) in [5, 5.41) is 3.58. The lowest BCUT2D eigenvalue weighted by Gasteiger charge is -2.20. The molecule has 110 valence electrons. The van der Waals surface area contributed by atoms with Gasteiger partial charge < -0.3 is 5.32 Å². The van der Waals surface area contributed by atoms with Crippen LogP contribution >= 0.6 is 15.9 Å². The molecule has 0 heterocycles. The maximum atomic E-state index is 13.9. The Kier molecular flexibility index (Phi) is 4.71. The molecule has 1 N–H and O–H groups in total. The molecule has 1 aliphatic rings. The molecule has 2 aromatic carbocycles. The van der Waals surface area contributed by atoms with Gasteiger partial charge in [-0.3, -0.25) is 0 Å². The number of benzene rings is 2.